The van der Waals surface area contributed by atoms with Crippen LogP contribution in [-0.4, -0.2) is 5.91 Å². The van der Waals surface area contributed by atoms with Crippen LogP contribution in [0.4, 0.5) is 5.69 Å². The van der Waals surface area contributed by atoms with Crippen molar-refractivity contribution in [2.75, 3.05) is 5.32 Å². The topological polar surface area (TPSA) is 29.1 Å². The molecule has 0 aromatic heterocycles. The lowest BCUT2D eigenvalue weighted by Gasteiger charge is -2.30. The third-order valence-electron chi connectivity index (χ3n) is 3.93. The minimum Gasteiger partial charge on any atom is -0.325 e. The van der Waals surface area contributed by atoms with Crippen molar-refractivity contribution in [1.29, 1.82) is 0 Å². The smallest absolute Gasteiger partial charge is 0.235 e. The predicted octanol–water partition coefficient (Wildman–Crippen LogP) is 3.77. The van der Waals surface area contributed by atoms with Crippen molar-refractivity contribution < 1.29 is 4.79 Å². The normalized spacial score (nSPS) is 26.7. The molecule has 1 aromatic rings. The van der Waals surface area contributed by atoms with Gasteiger partial charge in [-0.1, -0.05) is 33.6 Å². The third-order valence-corrected chi connectivity index (χ3v) is 4.42. The highest BCUT2D eigenvalue weighted by atomic mass is 79.9. The first-order chi connectivity index (χ1) is 8.12. The van der Waals surface area contributed by atoms with Crippen LogP contribution in [0.3, 0.4) is 0 Å². The molecular formula is C14H14BrNO. The molecule has 88 valence electrons. The average molecular weight is 292 g/mol. The van der Waals surface area contributed by atoms with E-state index < -0.39 is 0 Å². The Bertz CT molecular complexity index is 535. The van der Waals surface area contributed by atoms with E-state index in [1.807, 2.05) is 12.1 Å². The van der Waals surface area contributed by atoms with Crippen molar-refractivity contribution in [2.45, 2.75) is 31.6 Å². The molecule has 0 bridgehead atoms. The molecule has 1 atom stereocenters. The van der Waals surface area contributed by atoms with Gasteiger partial charge in [0.15, 0.2) is 0 Å². The van der Waals surface area contributed by atoms with E-state index in [-0.39, 0.29) is 11.3 Å². The van der Waals surface area contributed by atoms with E-state index in [1.54, 1.807) is 0 Å². The van der Waals surface area contributed by atoms with Gasteiger partial charge in [0.05, 0.1) is 5.41 Å². The van der Waals surface area contributed by atoms with Crippen LogP contribution in [-0.2, 0) is 10.2 Å². The number of hydrogen-bond donors (Lipinski definition) is 1. The SMILES string of the molecule is CC1=CC[C@]2(CC1)C(=O)Nc1cc(Br)ccc12. The molecule has 3 rings (SSSR count). The molecule has 1 N–H and O–H groups in total. The number of allylic oxidation sites excluding steroid dienone is 2. The summed E-state index contributed by atoms with van der Waals surface area (Å²) in [6.45, 7) is 2.14. The first-order valence-electron chi connectivity index (χ1n) is 5.89. The van der Waals surface area contributed by atoms with Crippen LogP contribution in [0.15, 0.2) is 34.3 Å². The van der Waals surface area contributed by atoms with Gasteiger partial charge in [-0.3, -0.25) is 4.79 Å². The highest BCUT2D eigenvalue weighted by Gasteiger charge is 2.46. The third kappa shape index (κ3) is 1.56. The summed E-state index contributed by atoms with van der Waals surface area (Å²) in [5, 5.41) is 3.02. The Morgan fingerprint density at radius 1 is 1.41 bits per heavy atom. The molecule has 2 nitrogen and oxygen atoms in total. The molecule has 0 saturated heterocycles. The maximum Gasteiger partial charge on any atom is 0.235 e. The summed E-state index contributed by atoms with van der Waals surface area (Å²) in [4.78, 5) is 12.3. The van der Waals surface area contributed by atoms with Gasteiger partial charge in [0.25, 0.3) is 0 Å². The summed E-state index contributed by atoms with van der Waals surface area (Å²) in [6, 6.07) is 6.09. The number of fused-ring (bicyclic) bond motifs is 2. The fourth-order valence-electron chi connectivity index (χ4n) is 2.82. The summed E-state index contributed by atoms with van der Waals surface area (Å²) in [5.74, 6) is 0.161. The second-order valence-electron chi connectivity index (χ2n) is 4.98. The van der Waals surface area contributed by atoms with Crippen LogP contribution in [0.1, 0.15) is 31.7 Å². The van der Waals surface area contributed by atoms with Crippen molar-refractivity contribution in [3.8, 4) is 0 Å². The van der Waals surface area contributed by atoms with Crippen LogP contribution in [0, 0.1) is 0 Å². The lowest BCUT2D eigenvalue weighted by molar-refractivity contribution is -0.121. The predicted molar refractivity (Wildman–Crippen MR) is 72.1 cm³/mol. The molecular weight excluding hydrogens is 278 g/mol. The van der Waals surface area contributed by atoms with Crippen LogP contribution in [0.2, 0.25) is 0 Å². The van der Waals surface area contributed by atoms with E-state index in [4.69, 9.17) is 0 Å². The van der Waals surface area contributed by atoms with Crippen molar-refractivity contribution in [2.24, 2.45) is 0 Å². The number of anilines is 1. The number of nitrogens with one attached hydrogen (secondary N) is 1. The van der Waals surface area contributed by atoms with Crippen LogP contribution in [0.5, 0.6) is 0 Å². The number of amides is 1. The van der Waals surface area contributed by atoms with E-state index in [0.717, 1.165) is 35.0 Å². The molecule has 0 saturated carbocycles. The minimum absolute atomic E-state index is 0.161. The average Bonchev–Trinajstić information content (AvgIpc) is 2.55. The Hall–Kier alpha value is -1.09. The molecule has 1 aliphatic heterocycles. The number of benzene rings is 1. The maximum atomic E-state index is 12.3. The number of hydrogen-bond acceptors (Lipinski definition) is 1. The molecule has 1 amide bonds. The minimum atomic E-state index is -0.310. The zero-order chi connectivity index (χ0) is 12.0. The van der Waals surface area contributed by atoms with Gasteiger partial charge >= 0.3 is 0 Å². The second kappa shape index (κ2) is 3.70. The van der Waals surface area contributed by atoms with Gasteiger partial charge in [-0.05, 0) is 43.9 Å². The van der Waals surface area contributed by atoms with Crippen molar-refractivity contribution in [1.82, 2.24) is 0 Å². The van der Waals surface area contributed by atoms with E-state index >= 15 is 0 Å². The summed E-state index contributed by atoms with van der Waals surface area (Å²) >= 11 is 3.44. The zero-order valence-corrected chi connectivity index (χ0v) is 11.3. The molecule has 0 radical (unpaired) electrons. The fraction of sp³-hybridized carbons (Fsp3) is 0.357. The lowest BCUT2D eigenvalue weighted by atomic mass is 9.71. The van der Waals surface area contributed by atoms with E-state index in [2.05, 4.69) is 40.3 Å². The second-order valence-corrected chi connectivity index (χ2v) is 5.90. The van der Waals surface area contributed by atoms with Gasteiger partial charge in [0, 0.05) is 10.2 Å². The van der Waals surface area contributed by atoms with E-state index in [9.17, 15) is 4.79 Å². The molecule has 1 heterocycles. The summed E-state index contributed by atoms with van der Waals surface area (Å²) in [7, 11) is 0. The van der Waals surface area contributed by atoms with Gasteiger partial charge < -0.3 is 5.32 Å². The molecule has 0 fully saturated rings. The maximum absolute atomic E-state index is 12.3. The Kier molecular flexibility index (Phi) is 2.40. The zero-order valence-electron chi connectivity index (χ0n) is 9.72. The van der Waals surface area contributed by atoms with Crippen molar-refractivity contribution >= 4 is 27.5 Å². The van der Waals surface area contributed by atoms with Crippen molar-refractivity contribution in [3.05, 3.63) is 39.9 Å². The monoisotopic (exact) mass is 291 g/mol. The standard InChI is InChI=1S/C14H14BrNO/c1-9-4-6-14(7-5-9)11-3-2-10(15)8-12(11)16-13(14)17/h2-4,8H,5-7H2,1H3,(H,16,17)/t14-/m1/s1. The summed E-state index contributed by atoms with van der Waals surface area (Å²) in [6.07, 6.45) is 4.98. The Balaban J connectivity index is 2.11. The van der Waals surface area contributed by atoms with Crippen LogP contribution in [0.25, 0.3) is 0 Å². The van der Waals surface area contributed by atoms with Gasteiger partial charge in [-0.25, -0.2) is 0 Å². The molecule has 0 unspecified atom stereocenters. The van der Waals surface area contributed by atoms with Gasteiger partial charge in [-0.2, -0.15) is 0 Å². The first kappa shape index (κ1) is 11.0. The Morgan fingerprint density at radius 3 is 2.94 bits per heavy atom. The molecule has 1 spiro atoms. The summed E-state index contributed by atoms with van der Waals surface area (Å²) < 4.78 is 1.01. The number of rotatable bonds is 0. The van der Waals surface area contributed by atoms with Gasteiger partial charge in [0.2, 0.25) is 5.91 Å². The van der Waals surface area contributed by atoms with Gasteiger partial charge in [-0.15, -0.1) is 0 Å². The Morgan fingerprint density at radius 2 is 2.24 bits per heavy atom. The quantitative estimate of drug-likeness (QED) is 0.725. The molecule has 17 heavy (non-hydrogen) atoms. The fourth-order valence-corrected chi connectivity index (χ4v) is 3.18. The van der Waals surface area contributed by atoms with E-state index in [0.29, 0.717) is 0 Å². The lowest BCUT2D eigenvalue weighted by Crippen LogP contribution is -2.35. The molecule has 3 heteroatoms. The Labute approximate surface area is 109 Å². The van der Waals surface area contributed by atoms with Crippen molar-refractivity contribution in [3.63, 3.8) is 0 Å². The molecule has 1 aliphatic carbocycles. The largest absolute Gasteiger partial charge is 0.325 e. The number of halogens is 1. The highest BCUT2D eigenvalue weighted by molar-refractivity contribution is 9.10. The molecule has 2 aliphatic rings. The highest BCUT2D eigenvalue weighted by Crippen LogP contribution is 2.47. The first-order valence-corrected chi connectivity index (χ1v) is 6.68. The van der Waals surface area contributed by atoms with Gasteiger partial charge in [0.1, 0.15) is 0 Å². The number of carbonyl (C=O) groups excluding carboxylic acids is 1. The number of carbonyl (C=O) groups is 1. The molecule has 1 aromatic carbocycles. The van der Waals surface area contributed by atoms with Crippen LogP contribution >= 0.6 is 15.9 Å². The summed E-state index contributed by atoms with van der Waals surface area (Å²) in [5.41, 5.74) is 3.22. The van der Waals surface area contributed by atoms with E-state index in [1.165, 1.54) is 5.57 Å². The van der Waals surface area contributed by atoms with Crippen LogP contribution < -0.4 is 5.32 Å².